The molecule has 0 radical (unpaired) electrons. The van der Waals surface area contributed by atoms with Crippen molar-refractivity contribution in [1.29, 1.82) is 0 Å². The van der Waals surface area contributed by atoms with Crippen LogP contribution in [0.3, 0.4) is 0 Å². The second kappa shape index (κ2) is 4.62. The Bertz CT molecular complexity index is 699. The van der Waals surface area contributed by atoms with Crippen LogP contribution >= 0.6 is 15.9 Å². The van der Waals surface area contributed by atoms with Gasteiger partial charge >= 0.3 is 5.97 Å². The van der Waals surface area contributed by atoms with Gasteiger partial charge in [-0.1, -0.05) is 27.2 Å². The molecule has 1 aliphatic rings. The maximum Gasteiger partial charge on any atom is 0.348 e. The number of aliphatic carboxylic acids is 1. The normalized spacial score (nSPS) is 18.2. The van der Waals surface area contributed by atoms with Gasteiger partial charge in [-0.2, -0.15) is 0 Å². The standard InChI is InChI=1S/C13H9BrN2O3/c14-9-4-3-8(12-7(9)2-1-5-15-12)10-6-11(13(17)18)19-16-10/h1-5,11H,6H2,(H,17,18). The number of aromatic nitrogens is 1. The monoisotopic (exact) mass is 320 g/mol. The van der Waals surface area contributed by atoms with Crippen LogP contribution in [0.25, 0.3) is 10.9 Å². The molecule has 2 aromatic rings. The predicted octanol–water partition coefficient (Wildman–Crippen LogP) is 2.57. The molecule has 19 heavy (non-hydrogen) atoms. The van der Waals surface area contributed by atoms with Gasteiger partial charge < -0.3 is 9.94 Å². The lowest BCUT2D eigenvalue weighted by molar-refractivity contribution is -0.148. The Balaban J connectivity index is 2.08. The number of benzene rings is 1. The molecule has 5 nitrogen and oxygen atoms in total. The lowest BCUT2D eigenvalue weighted by atomic mass is 10.0. The average molecular weight is 321 g/mol. The second-order valence-corrected chi connectivity index (χ2v) is 5.02. The van der Waals surface area contributed by atoms with Gasteiger partial charge in [0.05, 0.1) is 11.2 Å². The Kier molecular flexibility index (Phi) is 2.94. The minimum absolute atomic E-state index is 0.253. The first kappa shape index (κ1) is 12.1. The van der Waals surface area contributed by atoms with Gasteiger partial charge in [0.2, 0.25) is 6.10 Å². The van der Waals surface area contributed by atoms with Gasteiger partial charge in [-0.25, -0.2) is 4.79 Å². The molecule has 0 bridgehead atoms. The number of nitrogens with zero attached hydrogens (tertiary/aromatic N) is 2. The van der Waals surface area contributed by atoms with E-state index in [0.29, 0.717) is 5.71 Å². The third-order valence-electron chi connectivity index (χ3n) is 2.97. The minimum Gasteiger partial charge on any atom is -0.478 e. The van der Waals surface area contributed by atoms with Gasteiger partial charge in [0.15, 0.2) is 0 Å². The summed E-state index contributed by atoms with van der Waals surface area (Å²) in [7, 11) is 0. The van der Waals surface area contributed by atoms with E-state index in [4.69, 9.17) is 9.94 Å². The number of carboxylic acid groups (broad SMARTS) is 1. The van der Waals surface area contributed by atoms with Gasteiger partial charge in [0.1, 0.15) is 0 Å². The smallest absolute Gasteiger partial charge is 0.348 e. The van der Waals surface area contributed by atoms with Crippen LogP contribution in [0.15, 0.2) is 40.1 Å². The number of hydrogen-bond acceptors (Lipinski definition) is 4. The van der Waals surface area contributed by atoms with E-state index >= 15 is 0 Å². The molecule has 6 heteroatoms. The molecule has 1 aromatic heterocycles. The molecule has 0 saturated heterocycles. The Morgan fingerprint density at radius 1 is 1.42 bits per heavy atom. The summed E-state index contributed by atoms with van der Waals surface area (Å²) in [5.41, 5.74) is 2.21. The number of carbonyl (C=O) groups is 1. The van der Waals surface area contributed by atoms with E-state index in [9.17, 15) is 4.79 Å². The van der Waals surface area contributed by atoms with E-state index in [2.05, 4.69) is 26.1 Å². The van der Waals surface area contributed by atoms with Crippen molar-refractivity contribution in [2.24, 2.45) is 5.16 Å². The van der Waals surface area contributed by atoms with E-state index in [0.717, 1.165) is 20.9 Å². The van der Waals surface area contributed by atoms with E-state index in [-0.39, 0.29) is 6.42 Å². The molecule has 0 amide bonds. The van der Waals surface area contributed by atoms with Crippen LogP contribution < -0.4 is 0 Å². The number of fused-ring (bicyclic) bond motifs is 1. The summed E-state index contributed by atoms with van der Waals surface area (Å²) < 4.78 is 0.939. The molecule has 0 spiro atoms. The molecule has 0 aliphatic carbocycles. The zero-order valence-electron chi connectivity index (χ0n) is 9.71. The Morgan fingerprint density at radius 2 is 2.26 bits per heavy atom. The van der Waals surface area contributed by atoms with Crippen molar-refractivity contribution in [2.75, 3.05) is 0 Å². The zero-order chi connectivity index (χ0) is 13.4. The summed E-state index contributed by atoms with van der Waals surface area (Å²) in [5, 5.41) is 13.7. The molecule has 0 saturated carbocycles. The highest BCUT2D eigenvalue weighted by Crippen LogP contribution is 2.28. The first-order valence-corrected chi connectivity index (χ1v) is 6.45. The van der Waals surface area contributed by atoms with E-state index in [1.807, 2.05) is 24.3 Å². The van der Waals surface area contributed by atoms with Gasteiger partial charge in [-0.05, 0) is 18.2 Å². The molecule has 96 valence electrons. The number of pyridine rings is 1. The van der Waals surface area contributed by atoms with Crippen molar-refractivity contribution >= 4 is 38.5 Å². The van der Waals surface area contributed by atoms with Crippen LogP contribution in [0.2, 0.25) is 0 Å². The second-order valence-electron chi connectivity index (χ2n) is 4.17. The quantitative estimate of drug-likeness (QED) is 0.923. The maximum atomic E-state index is 10.9. The Morgan fingerprint density at radius 3 is 3.00 bits per heavy atom. The summed E-state index contributed by atoms with van der Waals surface area (Å²) >= 11 is 3.47. The highest BCUT2D eigenvalue weighted by molar-refractivity contribution is 9.10. The summed E-state index contributed by atoms with van der Waals surface area (Å²) in [5.74, 6) is -1.01. The molecule has 1 unspecified atom stereocenters. The Labute approximate surface area is 117 Å². The van der Waals surface area contributed by atoms with Crippen LogP contribution in [0, 0.1) is 0 Å². The third-order valence-corrected chi connectivity index (χ3v) is 3.66. The molecule has 1 N–H and O–H groups in total. The fourth-order valence-electron chi connectivity index (χ4n) is 2.04. The molecule has 3 rings (SSSR count). The van der Waals surface area contributed by atoms with Gasteiger partial charge in [0.25, 0.3) is 0 Å². The van der Waals surface area contributed by atoms with E-state index < -0.39 is 12.1 Å². The summed E-state index contributed by atoms with van der Waals surface area (Å²) in [4.78, 5) is 20.1. The van der Waals surface area contributed by atoms with Crippen molar-refractivity contribution < 1.29 is 14.7 Å². The average Bonchev–Trinajstić information content (AvgIpc) is 2.89. The van der Waals surface area contributed by atoms with Crippen LogP contribution in [0.4, 0.5) is 0 Å². The minimum atomic E-state index is -1.01. The predicted molar refractivity (Wildman–Crippen MR) is 73.1 cm³/mol. The number of rotatable bonds is 2. The summed E-state index contributed by atoms with van der Waals surface area (Å²) in [6.45, 7) is 0. The van der Waals surface area contributed by atoms with Crippen LogP contribution in [-0.4, -0.2) is 27.9 Å². The van der Waals surface area contributed by atoms with Gasteiger partial charge in [-0.3, -0.25) is 4.98 Å². The van der Waals surface area contributed by atoms with Gasteiger partial charge in [0, 0.05) is 28.0 Å². The van der Waals surface area contributed by atoms with E-state index in [1.54, 1.807) is 6.20 Å². The fourth-order valence-corrected chi connectivity index (χ4v) is 2.49. The number of oxime groups is 1. The van der Waals surface area contributed by atoms with Crippen molar-refractivity contribution in [3.63, 3.8) is 0 Å². The van der Waals surface area contributed by atoms with Crippen molar-refractivity contribution in [2.45, 2.75) is 12.5 Å². The highest BCUT2D eigenvalue weighted by atomic mass is 79.9. The lowest BCUT2D eigenvalue weighted by Crippen LogP contribution is -2.20. The van der Waals surface area contributed by atoms with E-state index in [1.165, 1.54) is 0 Å². The fraction of sp³-hybridized carbons (Fsp3) is 0.154. The number of hydrogen-bond donors (Lipinski definition) is 1. The summed E-state index contributed by atoms with van der Waals surface area (Å²) in [6, 6.07) is 7.56. The van der Waals surface area contributed by atoms with Crippen molar-refractivity contribution in [1.82, 2.24) is 4.98 Å². The zero-order valence-corrected chi connectivity index (χ0v) is 11.3. The molecular formula is C13H9BrN2O3. The lowest BCUT2D eigenvalue weighted by Gasteiger charge is -2.06. The highest BCUT2D eigenvalue weighted by Gasteiger charge is 2.29. The first-order chi connectivity index (χ1) is 9.16. The van der Waals surface area contributed by atoms with Crippen LogP contribution in [0.5, 0.6) is 0 Å². The largest absolute Gasteiger partial charge is 0.478 e. The van der Waals surface area contributed by atoms with Crippen molar-refractivity contribution in [3.8, 4) is 0 Å². The molecule has 0 fully saturated rings. The molecule has 1 atom stereocenters. The maximum absolute atomic E-state index is 10.9. The first-order valence-electron chi connectivity index (χ1n) is 5.66. The number of carboxylic acids is 1. The van der Waals surface area contributed by atoms with Crippen LogP contribution in [0.1, 0.15) is 12.0 Å². The molecule has 2 heterocycles. The molecule has 1 aliphatic heterocycles. The number of halogens is 1. The molecular weight excluding hydrogens is 312 g/mol. The SMILES string of the molecule is O=C(O)C1CC(c2ccc(Br)c3cccnc23)=NO1. The molecule has 1 aromatic carbocycles. The van der Waals surface area contributed by atoms with Crippen molar-refractivity contribution in [3.05, 3.63) is 40.5 Å². The topological polar surface area (TPSA) is 71.8 Å². The third kappa shape index (κ3) is 2.08. The Hall–Kier alpha value is -1.95. The van der Waals surface area contributed by atoms with Gasteiger partial charge in [-0.15, -0.1) is 0 Å². The van der Waals surface area contributed by atoms with Crippen LogP contribution in [-0.2, 0) is 9.63 Å². The summed E-state index contributed by atoms with van der Waals surface area (Å²) in [6.07, 6.45) is 1.05.